The highest BCUT2D eigenvalue weighted by molar-refractivity contribution is 9.10. The summed E-state index contributed by atoms with van der Waals surface area (Å²) in [4.78, 5) is 12.5. The van der Waals surface area contributed by atoms with Crippen molar-refractivity contribution >= 4 is 49.0 Å². The van der Waals surface area contributed by atoms with Gasteiger partial charge in [0, 0.05) is 26.7 Å². The van der Waals surface area contributed by atoms with E-state index >= 15 is 0 Å². The number of phenols is 1. The van der Waals surface area contributed by atoms with E-state index in [2.05, 4.69) is 21.2 Å². The zero-order valence-electron chi connectivity index (χ0n) is 17.8. The van der Waals surface area contributed by atoms with E-state index in [1.165, 1.54) is 37.3 Å². The molecular weight excluding hydrogens is 527 g/mol. The van der Waals surface area contributed by atoms with E-state index < -0.39 is 21.8 Å². The molecule has 3 aromatic rings. The van der Waals surface area contributed by atoms with Crippen LogP contribution in [0.25, 0.3) is 16.7 Å². The number of rotatable bonds is 6. The standard InChI is InChI=1S/C23H20BrFN4O4S/c1-12(16-10-14(22(26)27)7-9-19(16)30)21(25)23(31)29-18-8-6-13(11-17(18)24)15-4-2-3-5-20(15)34(28,32)33/h2-11,30H,1H3,(H3,26,27)(H,29,31)(H2,28,32,33)/b21-12+. The molecule has 0 aliphatic rings. The summed E-state index contributed by atoms with van der Waals surface area (Å²) in [6.07, 6.45) is 0. The lowest BCUT2D eigenvalue weighted by atomic mass is 10.0. The molecule has 0 aliphatic heterocycles. The molecule has 7 N–H and O–H groups in total. The molecule has 0 atom stereocenters. The summed E-state index contributed by atoms with van der Waals surface area (Å²) in [5, 5.41) is 25.3. The molecule has 0 aromatic heterocycles. The van der Waals surface area contributed by atoms with Crippen molar-refractivity contribution in [3.63, 3.8) is 0 Å². The number of amidine groups is 1. The number of carbonyl (C=O) groups is 1. The Bertz CT molecular complexity index is 1460. The second-order valence-electron chi connectivity index (χ2n) is 7.27. The number of anilines is 1. The third kappa shape index (κ3) is 5.33. The number of phenolic OH excluding ortho intramolecular Hbond substituents is 1. The maximum absolute atomic E-state index is 14.9. The number of primary sulfonamides is 1. The summed E-state index contributed by atoms with van der Waals surface area (Å²) in [6.45, 7) is 1.32. The number of benzene rings is 3. The minimum atomic E-state index is -3.97. The molecule has 34 heavy (non-hydrogen) atoms. The second-order valence-corrected chi connectivity index (χ2v) is 9.66. The first-order chi connectivity index (χ1) is 15.9. The Labute approximate surface area is 203 Å². The van der Waals surface area contributed by atoms with Gasteiger partial charge >= 0.3 is 0 Å². The molecule has 1 amide bonds. The van der Waals surface area contributed by atoms with Gasteiger partial charge < -0.3 is 16.2 Å². The van der Waals surface area contributed by atoms with Gasteiger partial charge in [0.15, 0.2) is 5.83 Å². The molecule has 0 unspecified atom stereocenters. The van der Waals surface area contributed by atoms with Crippen LogP contribution >= 0.6 is 15.9 Å². The van der Waals surface area contributed by atoms with E-state index in [-0.39, 0.29) is 38.9 Å². The fourth-order valence-corrected chi connectivity index (χ4v) is 4.45. The van der Waals surface area contributed by atoms with Gasteiger partial charge in [-0.25, -0.2) is 17.9 Å². The zero-order chi connectivity index (χ0) is 25.2. The maximum atomic E-state index is 14.9. The molecular formula is C23H20BrFN4O4S. The summed E-state index contributed by atoms with van der Waals surface area (Å²) in [6, 6.07) is 14.8. The minimum absolute atomic E-state index is 0.0226. The van der Waals surface area contributed by atoms with Crippen LogP contribution in [-0.4, -0.2) is 25.3 Å². The van der Waals surface area contributed by atoms with Crippen LogP contribution in [0.15, 0.2) is 75.9 Å². The highest BCUT2D eigenvalue weighted by atomic mass is 79.9. The lowest BCUT2D eigenvalue weighted by molar-refractivity contribution is -0.114. The van der Waals surface area contributed by atoms with Gasteiger partial charge in [0.25, 0.3) is 5.91 Å². The smallest absolute Gasteiger partial charge is 0.284 e. The summed E-state index contributed by atoms with van der Waals surface area (Å²) in [7, 11) is -3.97. The fraction of sp³-hybridized carbons (Fsp3) is 0.0435. The number of sulfonamides is 1. The average Bonchev–Trinajstić information content (AvgIpc) is 2.79. The van der Waals surface area contributed by atoms with Crippen molar-refractivity contribution in [3.05, 3.63) is 82.1 Å². The Morgan fingerprint density at radius 1 is 1.12 bits per heavy atom. The number of aromatic hydroxyl groups is 1. The molecule has 8 nitrogen and oxygen atoms in total. The first-order valence-electron chi connectivity index (χ1n) is 9.67. The molecule has 176 valence electrons. The van der Waals surface area contributed by atoms with Crippen LogP contribution in [0.2, 0.25) is 0 Å². The number of allylic oxidation sites excluding steroid dienone is 1. The highest BCUT2D eigenvalue weighted by Gasteiger charge is 2.19. The van der Waals surface area contributed by atoms with E-state index in [9.17, 15) is 22.7 Å². The summed E-state index contributed by atoms with van der Waals surface area (Å²) in [5.41, 5.74) is 6.68. The average molecular weight is 547 g/mol. The third-order valence-electron chi connectivity index (χ3n) is 4.96. The Hall–Kier alpha value is -3.54. The summed E-state index contributed by atoms with van der Waals surface area (Å²) >= 11 is 3.30. The zero-order valence-corrected chi connectivity index (χ0v) is 20.2. The van der Waals surface area contributed by atoms with Gasteiger partial charge in [0.2, 0.25) is 10.0 Å². The van der Waals surface area contributed by atoms with Crippen molar-refractivity contribution < 1.29 is 22.7 Å². The lowest BCUT2D eigenvalue weighted by Gasteiger charge is -2.12. The molecule has 0 heterocycles. The van der Waals surface area contributed by atoms with Crippen LogP contribution in [0.3, 0.4) is 0 Å². The van der Waals surface area contributed by atoms with Gasteiger partial charge in [-0.1, -0.05) is 24.3 Å². The second kappa shape index (κ2) is 9.75. The van der Waals surface area contributed by atoms with Crippen molar-refractivity contribution in [2.75, 3.05) is 5.32 Å². The van der Waals surface area contributed by atoms with Crippen molar-refractivity contribution in [2.24, 2.45) is 10.9 Å². The Balaban J connectivity index is 1.92. The topological polar surface area (TPSA) is 159 Å². The fourth-order valence-electron chi connectivity index (χ4n) is 3.21. The first kappa shape index (κ1) is 25.1. The molecule has 0 bridgehead atoms. The first-order valence-corrected chi connectivity index (χ1v) is 12.0. The molecule has 11 heteroatoms. The highest BCUT2D eigenvalue weighted by Crippen LogP contribution is 2.33. The maximum Gasteiger partial charge on any atom is 0.284 e. The quantitative estimate of drug-likeness (QED) is 0.178. The van der Waals surface area contributed by atoms with Gasteiger partial charge in [0.05, 0.1) is 10.6 Å². The van der Waals surface area contributed by atoms with E-state index in [1.54, 1.807) is 30.3 Å². The number of carbonyl (C=O) groups excluding carboxylic acids is 1. The van der Waals surface area contributed by atoms with Crippen molar-refractivity contribution in [1.82, 2.24) is 0 Å². The van der Waals surface area contributed by atoms with Gasteiger partial charge in [-0.2, -0.15) is 0 Å². The molecule has 3 rings (SSSR count). The third-order valence-corrected chi connectivity index (χ3v) is 6.59. The Morgan fingerprint density at radius 3 is 2.41 bits per heavy atom. The molecule has 0 radical (unpaired) electrons. The lowest BCUT2D eigenvalue weighted by Crippen LogP contribution is -2.14. The summed E-state index contributed by atoms with van der Waals surface area (Å²) < 4.78 is 39.1. The van der Waals surface area contributed by atoms with Gasteiger partial charge in [-0.15, -0.1) is 0 Å². The van der Waals surface area contributed by atoms with Crippen LogP contribution in [0.4, 0.5) is 10.1 Å². The number of nitrogen functional groups attached to an aromatic ring is 1. The molecule has 0 saturated carbocycles. The monoisotopic (exact) mass is 546 g/mol. The van der Waals surface area contributed by atoms with Crippen molar-refractivity contribution in [3.8, 4) is 16.9 Å². The largest absolute Gasteiger partial charge is 0.507 e. The molecule has 0 fully saturated rings. The predicted octanol–water partition coefficient (Wildman–Crippen LogP) is 4.09. The normalized spacial score (nSPS) is 12.1. The van der Waals surface area contributed by atoms with Gasteiger partial charge in [-0.3, -0.25) is 10.2 Å². The Kier molecular flexibility index (Phi) is 7.20. The van der Waals surface area contributed by atoms with Crippen LogP contribution in [0, 0.1) is 5.41 Å². The van der Waals surface area contributed by atoms with Crippen LogP contribution in [-0.2, 0) is 14.8 Å². The van der Waals surface area contributed by atoms with Crippen molar-refractivity contribution in [2.45, 2.75) is 11.8 Å². The minimum Gasteiger partial charge on any atom is -0.507 e. The molecule has 0 saturated heterocycles. The predicted molar refractivity (Wildman–Crippen MR) is 132 cm³/mol. The van der Waals surface area contributed by atoms with E-state index in [0.717, 1.165) is 0 Å². The Morgan fingerprint density at radius 2 is 1.79 bits per heavy atom. The molecule has 3 aromatic carbocycles. The number of hydrogen-bond acceptors (Lipinski definition) is 5. The van der Waals surface area contributed by atoms with E-state index in [0.29, 0.717) is 15.6 Å². The van der Waals surface area contributed by atoms with Crippen LogP contribution in [0.5, 0.6) is 5.75 Å². The van der Waals surface area contributed by atoms with Crippen LogP contribution < -0.4 is 16.2 Å². The summed E-state index contributed by atoms with van der Waals surface area (Å²) in [5.74, 6) is -2.76. The van der Waals surface area contributed by atoms with Gasteiger partial charge in [0.1, 0.15) is 11.6 Å². The SMILES string of the molecule is C/C(=C(\F)C(=O)Nc1ccc(-c2ccccc2S(N)(=O)=O)cc1Br)c1cc(C(=N)N)ccc1O. The molecule has 0 aliphatic carbocycles. The van der Waals surface area contributed by atoms with Crippen LogP contribution in [0.1, 0.15) is 18.1 Å². The number of amides is 1. The number of nitrogens with two attached hydrogens (primary N) is 2. The van der Waals surface area contributed by atoms with Crippen molar-refractivity contribution in [1.29, 1.82) is 5.41 Å². The molecule has 0 spiro atoms. The van der Waals surface area contributed by atoms with E-state index in [1.807, 2.05) is 0 Å². The van der Waals surface area contributed by atoms with E-state index in [4.69, 9.17) is 16.3 Å². The number of hydrogen-bond donors (Lipinski definition) is 5. The number of halogens is 2. The van der Waals surface area contributed by atoms with Gasteiger partial charge in [-0.05, 0) is 64.8 Å². The number of nitrogens with one attached hydrogen (secondary N) is 2.